The van der Waals surface area contributed by atoms with Crippen LogP contribution in [0.3, 0.4) is 0 Å². The summed E-state index contributed by atoms with van der Waals surface area (Å²) in [7, 11) is 1.64. The molecule has 10 heavy (non-hydrogen) atoms. The monoisotopic (exact) mass is 142 g/mol. The summed E-state index contributed by atoms with van der Waals surface area (Å²) in [5.41, 5.74) is -0.277. The molecule has 0 aliphatic carbocycles. The van der Waals surface area contributed by atoms with Gasteiger partial charge in [-0.05, 0) is 25.5 Å². The fraction of sp³-hybridized carbons (Fsp3) is 0.625. The van der Waals surface area contributed by atoms with E-state index in [2.05, 4.69) is 0 Å². The van der Waals surface area contributed by atoms with Crippen LogP contribution >= 0.6 is 0 Å². The van der Waals surface area contributed by atoms with Crippen molar-refractivity contribution < 1.29 is 9.53 Å². The molecule has 0 amide bonds. The second kappa shape index (κ2) is 4.23. The van der Waals surface area contributed by atoms with Gasteiger partial charge in [0, 0.05) is 7.11 Å². The third kappa shape index (κ3) is 2.78. The fourth-order valence-electron chi connectivity index (χ4n) is 0.573. The first kappa shape index (κ1) is 9.37. The first-order valence-electron chi connectivity index (χ1n) is 3.36. The molecule has 1 unspecified atom stereocenters. The van der Waals surface area contributed by atoms with E-state index in [1.54, 1.807) is 13.2 Å². The summed E-state index contributed by atoms with van der Waals surface area (Å²) in [4.78, 5) is 9.94. The molecule has 0 bridgehead atoms. The fourth-order valence-corrected chi connectivity index (χ4v) is 0.573. The molecule has 0 heterocycles. The summed E-state index contributed by atoms with van der Waals surface area (Å²) in [6, 6.07) is 0. The average molecular weight is 142 g/mol. The Labute approximate surface area is 61.9 Å². The number of rotatable bonds is 4. The molecule has 0 N–H and O–H groups in total. The number of hydrogen-bond acceptors (Lipinski definition) is 2. The molecule has 0 saturated carbocycles. The van der Waals surface area contributed by atoms with Crippen molar-refractivity contribution in [1.82, 2.24) is 0 Å². The van der Waals surface area contributed by atoms with E-state index in [4.69, 9.17) is 4.74 Å². The zero-order valence-electron chi connectivity index (χ0n) is 6.76. The lowest BCUT2D eigenvalue weighted by Crippen LogP contribution is -2.22. The van der Waals surface area contributed by atoms with E-state index in [9.17, 15) is 4.79 Å². The number of aldehydes is 1. The Morgan fingerprint density at radius 2 is 2.20 bits per heavy atom. The zero-order chi connectivity index (χ0) is 8.04. The van der Waals surface area contributed by atoms with Gasteiger partial charge < -0.3 is 4.74 Å². The molecule has 0 saturated heterocycles. The number of allylic oxidation sites excluding steroid dienone is 1. The summed E-state index contributed by atoms with van der Waals surface area (Å²) < 4.78 is 5.14. The lowest BCUT2D eigenvalue weighted by Gasteiger charge is -2.21. The lowest BCUT2D eigenvalue weighted by molar-refractivity contribution is -0.104. The Morgan fingerprint density at radius 1 is 1.60 bits per heavy atom. The third-order valence-corrected chi connectivity index (χ3v) is 1.70. The van der Waals surface area contributed by atoms with Crippen molar-refractivity contribution in [3.8, 4) is 0 Å². The van der Waals surface area contributed by atoms with E-state index in [0.717, 1.165) is 12.7 Å². The molecule has 58 valence electrons. The number of carbonyl (C=O) groups is 1. The quantitative estimate of drug-likeness (QED) is 0.440. The van der Waals surface area contributed by atoms with Crippen LogP contribution in [0.5, 0.6) is 0 Å². The van der Waals surface area contributed by atoms with Gasteiger partial charge in [0.05, 0.1) is 5.60 Å². The number of methoxy groups -OCH3 is 1. The molecule has 0 aliphatic heterocycles. The minimum absolute atomic E-state index is 0.277. The van der Waals surface area contributed by atoms with Crippen LogP contribution in [0.1, 0.15) is 20.3 Å². The summed E-state index contributed by atoms with van der Waals surface area (Å²) in [5.74, 6) is 0. The predicted molar refractivity (Wildman–Crippen MR) is 40.9 cm³/mol. The molecular weight excluding hydrogens is 128 g/mol. The standard InChI is InChI=1S/C8H14O2/c1-4-8(2,10-3)6-5-7-9/h5-7H,4H2,1-3H3/b6-5+. The Morgan fingerprint density at radius 3 is 2.50 bits per heavy atom. The van der Waals surface area contributed by atoms with Crippen molar-refractivity contribution >= 4 is 6.29 Å². The second-order valence-electron chi connectivity index (χ2n) is 2.37. The summed E-state index contributed by atoms with van der Waals surface area (Å²) in [6.45, 7) is 3.95. The minimum atomic E-state index is -0.277. The Balaban J connectivity index is 4.04. The molecule has 0 aromatic rings. The van der Waals surface area contributed by atoms with Gasteiger partial charge in [0.2, 0.25) is 0 Å². The first-order valence-corrected chi connectivity index (χ1v) is 3.36. The van der Waals surface area contributed by atoms with Gasteiger partial charge in [0.25, 0.3) is 0 Å². The van der Waals surface area contributed by atoms with Gasteiger partial charge in [-0.2, -0.15) is 0 Å². The van der Waals surface area contributed by atoms with Crippen LogP contribution in [0, 0.1) is 0 Å². The summed E-state index contributed by atoms with van der Waals surface area (Å²) in [5, 5.41) is 0. The lowest BCUT2D eigenvalue weighted by atomic mass is 10.0. The summed E-state index contributed by atoms with van der Waals surface area (Å²) in [6.07, 6.45) is 4.85. The van der Waals surface area contributed by atoms with Crippen LogP contribution < -0.4 is 0 Å². The minimum Gasteiger partial charge on any atom is -0.374 e. The second-order valence-corrected chi connectivity index (χ2v) is 2.37. The van der Waals surface area contributed by atoms with Gasteiger partial charge in [0.1, 0.15) is 6.29 Å². The Hall–Kier alpha value is -0.630. The Bertz CT molecular complexity index is 123. The van der Waals surface area contributed by atoms with E-state index >= 15 is 0 Å². The maximum Gasteiger partial charge on any atom is 0.142 e. The highest BCUT2D eigenvalue weighted by Crippen LogP contribution is 2.14. The van der Waals surface area contributed by atoms with Gasteiger partial charge in [-0.25, -0.2) is 0 Å². The molecule has 0 aromatic carbocycles. The van der Waals surface area contributed by atoms with Gasteiger partial charge in [-0.15, -0.1) is 0 Å². The third-order valence-electron chi connectivity index (χ3n) is 1.70. The molecule has 0 fully saturated rings. The van der Waals surface area contributed by atoms with Crippen molar-refractivity contribution in [2.45, 2.75) is 25.9 Å². The normalized spacial score (nSPS) is 17.1. The molecule has 0 aliphatic rings. The average Bonchev–Trinajstić information content (AvgIpc) is 2.00. The molecule has 1 atom stereocenters. The SMILES string of the molecule is CCC(C)(/C=C/C=O)OC. The van der Waals surface area contributed by atoms with Crippen molar-refractivity contribution in [3.05, 3.63) is 12.2 Å². The van der Waals surface area contributed by atoms with Crippen LogP contribution in [-0.2, 0) is 9.53 Å². The number of ether oxygens (including phenoxy) is 1. The van der Waals surface area contributed by atoms with Gasteiger partial charge >= 0.3 is 0 Å². The molecule has 2 nitrogen and oxygen atoms in total. The Kier molecular flexibility index (Phi) is 3.96. The van der Waals surface area contributed by atoms with E-state index in [1.165, 1.54) is 6.08 Å². The smallest absolute Gasteiger partial charge is 0.142 e. The van der Waals surface area contributed by atoms with Crippen LogP contribution in [0.4, 0.5) is 0 Å². The van der Waals surface area contributed by atoms with E-state index in [1.807, 2.05) is 13.8 Å². The molecule has 0 spiro atoms. The maximum absolute atomic E-state index is 9.94. The van der Waals surface area contributed by atoms with E-state index in [-0.39, 0.29) is 5.60 Å². The molecule has 2 heteroatoms. The van der Waals surface area contributed by atoms with Crippen LogP contribution in [0.2, 0.25) is 0 Å². The van der Waals surface area contributed by atoms with Crippen molar-refractivity contribution in [2.75, 3.05) is 7.11 Å². The molecular formula is C8H14O2. The van der Waals surface area contributed by atoms with Crippen LogP contribution in [0.25, 0.3) is 0 Å². The van der Waals surface area contributed by atoms with Crippen LogP contribution in [0.15, 0.2) is 12.2 Å². The van der Waals surface area contributed by atoms with E-state index < -0.39 is 0 Å². The molecule has 0 aromatic heterocycles. The highest BCUT2D eigenvalue weighted by Gasteiger charge is 2.15. The van der Waals surface area contributed by atoms with Gasteiger partial charge in [0.15, 0.2) is 0 Å². The number of carbonyl (C=O) groups excluding carboxylic acids is 1. The predicted octanol–water partition coefficient (Wildman–Crippen LogP) is 1.56. The van der Waals surface area contributed by atoms with Crippen LogP contribution in [-0.4, -0.2) is 19.0 Å². The largest absolute Gasteiger partial charge is 0.374 e. The van der Waals surface area contributed by atoms with Crippen molar-refractivity contribution in [3.63, 3.8) is 0 Å². The van der Waals surface area contributed by atoms with Crippen molar-refractivity contribution in [2.24, 2.45) is 0 Å². The topological polar surface area (TPSA) is 26.3 Å². The maximum atomic E-state index is 9.94. The first-order chi connectivity index (χ1) is 4.68. The summed E-state index contributed by atoms with van der Waals surface area (Å²) >= 11 is 0. The van der Waals surface area contributed by atoms with Crippen molar-refractivity contribution in [1.29, 1.82) is 0 Å². The van der Waals surface area contributed by atoms with E-state index in [0.29, 0.717) is 0 Å². The molecule has 0 rings (SSSR count). The number of hydrogen-bond donors (Lipinski definition) is 0. The van der Waals surface area contributed by atoms with Gasteiger partial charge in [-0.3, -0.25) is 4.79 Å². The highest BCUT2D eigenvalue weighted by molar-refractivity contribution is 5.64. The molecule has 0 radical (unpaired) electrons. The highest BCUT2D eigenvalue weighted by atomic mass is 16.5. The zero-order valence-corrected chi connectivity index (χ0v) is 6.76. The van der Waals surface area contributed by atoms with Gasteiger partial charge in [-0.1, -0.05) is 6.92 Å².